The van der Waals surface area contributed by atoms with Crippen LogP contribution in [0.3, 0.4) is 0 Å². The lowest BCUT2D eigenvalue weighted by atomic mass is 10.2. The predicted molar refractivity (Wildman–Crippen MR) is 52.9 cm³/mol. The SMILES string of the molecule is CCc1nc(C2CC2)c(C)nc1C. The zero-order chi connectivity index (χ0) is 9.42. The molecule has 0 saturated heterocycles. The van der Waals surface area contributed by atoms with Crippen molar-refractivity contribution in [2.75, 3.05) is 0 Å². The van der Waals surface area contributed by atoms with E-state index in [9.17, 15) is 0 Å². The van der Waals surface area contributed by atoms with Gasteiger partial charge in [-0.25, -0.2) is 0 Å². The topological polar surface area (TPSA) is 25.8 Å². The van der Waals surface area contributed by atoms with Gasteiger partial charge in [0.1, 0.15) is 0 Å². The molecule has 0 atom stereocenters. The van der Waals surface area contributed by atoms with E-state index >= 15 is 0 Å². The number of hydrogen-bond donors (Lipinski definition) is 0. The third-order valence-electron chi connectivity index (χ3n) is 2.68. The number of hydrogen-bond acceptors (Lipinski definition) is 2. The predicted octanol–water partition coefficient (Wildman–Crippen LogP) is 2.53. The monoisotopic (exact) mass is 176 g/mol. The molecule has 0 aliphatic heterocycles. The summed E-state index contributed by atoms with van der Waals surface area (Å²) in [6.07, 6.45) is 3.61. The average molecular weight is 176 g/mol. The highest BCUT2D eigenvalue weighted by Gasteiger charge is 2.27. The first kappa shape index (κ1) is 8.67. The van der Waals surface area contributed by atoms with Gasteiger partial charge in [-0.3, -0.25) is 9.97 Å². The van der Waals surface area contributed by atoms with Gasteiger partial charge < -0.3 is 0 Å². The summed E-state index contributed by atoms with van der Waals surface area (Å²) in [7, 11) is 0. The van der Waals surface area contributed by atoms with Gasteiger partial charge in [-0.05, 0) is 33.1 Å². The Hall–Kier alpha value is -0.920. The average Bonchev–Trinajstić information content (AvgIpc) is 2.88. The Labute approximate surface area is 79.4 Å². The van der Waals surface area contributed by atoms with E-state index in [0.717, 1.165) is 23.7 Å². The molecule has 0 radical (unpaired) electrons. The quantitative estimate of drug-likeness (QED) is 0.692. The van der Waals surface area contributed by atoms with Gasteiger partial charge in [0, 0.05) is 5.92 Å². The number of nitrogens with zero attached hydrogens (tertiary/aromatic N) is 2. The molecule has 1 aromatic heterocycles. The lowest BCUT2D eigenvalue weighted by molar-refractivity contribution is 0.861. The van der Waals surface area contributed by atoms with Crippen molar-refractivity contribution >= 4 is 0 Å². The second-order valence-corrected chi connectivity index (χ2v) is 3.85. The second-order valence-electron chi connectivity index (χ2n) is 3.85. The highest BCUT2D eigenvalue weighted by atomic mass is 14.9. The van der Waals surface area contributed by atoms with E-state index in [1.54, 1.807) is 0 Å². The summed E-state index contributed by atoms with van der Waals surface area (Å²) in [5.74, 6) is 0.721. The molecule has 0 spiro atoms. The molecule has 1 saturated carbocycles. The van der Waals surface area contributed by atoms with Gasteiger partial charge in [-0.1, -0.05) is 6.92 Å². The molecule has 0 N–H and O–H groups in total. The Bertz CT molecular complexity index is 327. The van der Waals surface area contributed by atoms with Crippen molar-refractivity contribution in [1.29, 1.82) is 0 Å². The second kappa shape index (κ2) is 3.09. The Morgan fingerprint density at radius 3 is 2.38 bits per heavy atom. The maximum Gasteiger partial charge on any atom is 0.0650 e. The first-order valence-electron chi connectivity index (χ1n) is 5.06. The summed E-state index contributed by atoms with van der Waals surface area (Å²) in [5.41, 5.74) is 4.66. The normalized spacial score (nSPS) is 16.2. The van der Waals surface area contributed by atoms with Crippen LogP contribution in [-0.2, 0) is 6.42 Å². The van der Waals surface area contributed by atoms with E-state index in [-0.39, 0.29) is 0 Å². The van der Waals surface area contributed by atoms with E-state index in [1.165, 1.54) is 24.2 Å². The first-order valence-corrected chi connectivity index (χ1v) is 5.06. The van der Waals surface area contributed by atoms with Gasteiger partial charge in [-0.15, -0.1) is 0 Å². The van der Waals surface area contributed by atoms with Crippen LogP contribution in [0.15, 0.2) is 0 Å². The van der Waals surface area contributed by atoms with Crippen LogP contribution in [0.5, 0.6) is 0 Å². The minimum Gasteiger partial charge on any atom is -0.255 e. The zero-order valence-electron chi connectivity index (χ0n) is 8.59. The standard InChI is InChI=1S/C11H16N2/c1-4-10-7(2)12-8(3)11(13-10)9-5-6-9/h9H,4-6H2,1-3H3. The van der Waals surface area contributed by atoms with Gasteiger partial charge in [0.15, 0.2) is 0 Å². The minimum absolute atomic E-state index is 0.721. The van der Waals surface area contributed by atoms with Gasteiger partial charge in [-0.2, -0.15) is 0 Å². The summed E-state index contributed by atoms with van der Waals surface area (Å²) < 4.78 is 0. The Kier molecular flexibility index (Phi) is 2.06. The van der Waals surface area contributed by atoms with Crippen molar-refractivity contribution in [1.82, 2.24) is 9.97 Å². The van der Waals surface area contributed by atoms with Gasteiger partial charge in [0.05, 0.1) is 22.8 Å². The van der Waals surface area contributed by atoms with Gasteiger partial charge in [0.25, 0.3) is 0 Å². The third-order valence-corrected chi connectivity index (χ3v) is 2.68. The number of rotatable bonds is 2. The van der Waals surface area contributed by atoms with Crippen LogP contribution in [0.1, 0.15) is 48.5 Å². The van der Waals surface area contributed by atoms with E-state index in [2.05, 4.69) is 30.7 Å². The van der Waals surface area contributed by atoms with Crippen molar-refractivity contribution in [3.05, 3.63) is 22.8 Å². The van der Waals surface area contributed by atoms with Crippen LogP contribution in [0, 0.1) is 13.8 Å². The van der Waals surface area contributed by atoms with Crippen molar-refractivity contribution in [2.24, 2.45) is 0 Å². The zero-order valence-corrected chi connectivity index (χ0v) is 8.59. The fourth-order valence-corrected chi connectivity index (χ4v) is 1.76. The first-order chi connectivity index (χ1) is 6.22. The van der Waals surface area contributed by atoms with Crippen molar-refractivity contribution < 1.29 is 0 Å². The molecule has 70 valence electrons. The summed E-state index contributed by atoms with van der Waals surface area (Å²) >= 11 is 0. The van der Waals surface area contributed by atoms with Crippen LogP contribution < -0.4 is 0 Å². The summed E-state index contributed by atoms with van der Waals surface area (Å²) in [6.45, 7) is 6.27. The number of aryl methyl sites for hydroxylation is 3. The fraction of sp³-hybridized carbons (Fsp3) is 0.636. The van der Waals surface area contributed by atoms with Crippen LogP contribution in [0.25, 0.3) is 0 Å². The van der Waals surface area contributed by atoms with Gasteiger partial charge in [0.2, 0.25) is 0 Å². The summed E-state index contributed by atoms with van der Waals surface area (Å²) in [4.78, 5) is 9.23. The Morgan fingerprint density at radius 2 is 1.85 bits per heavy atom. The van der Waals surface area contributed by atoms with E-state index in [4.69, 9.17) is 0 Å². The molecule has 2 rings (SSSR count). The van der Waals surface area contributed by atoms with Crippen LogP contribution in [0.4, 0.5) is 0 Å². The Morgan fingerprint density at radius 1 is 1.15 bits per heavy atom. The number of aromatic nitrogens is 2. The molecule has 1 aromatic rings. The van der Waals surface area contributed by atoms with Crippen LogP contribution >= 0.6 is 0 Å². The lowest BCUT2D eigenvalue weighted by Crippen LogP contribution is -2.03. The molecular weight excluding hydrogens is 160 g/mol. The molecule has 0 unspecified atom stereocenters. The molecule has 1 heterocycles. The van der Waals surface area contributed by atoms with Crippen LogP contribution in [0.2, 0.25) is 0 Å². The summed E-state index contributed by atoms with van der Waals surface area (Å²) in [5, 5.41) is 0. The lowest BCUT2D eigenvalue weighted by Gasteiger charge is -2.07. The van der Waals surface area contributed by atoms with Crippen molar-refractivity contribution in [3.63, 3.8) is 0 Å². The van der Waals surface area contributed by atoms with Crippen molar-refractivity contribution in [3.8, 4) is 0 Å². The molecule has 2 heteroatoms. The van der Waals surface area contributed by atoms with E-state index in [0.29, 0.717) is 0 Å². The minimum atomic E-state index is 0.721. The largest absolute Gasteiger partial charge is 0.255 e. The molecule has 1 fully saturated rings. The molecular formula is C11H16N2. The molecule has 0 aromatic carbocycles. The maximum absolute atomic E-state index is 4.69. The fourth-order valence-electron chi connectivity index (χ4n) is 1.76. The van der Waals surface area contributed by atoms with E-state index < -0.39 is 0 Å². The molecule has 0 bridgehead atoms. The van der Waals surface area contributed by atoms with Gasteiger partial charge >= 0.3 is 0 Å². The van der Waals surface area contributed by atoms with Crippen molar-refractivity contribution in [2.45, 2.75) is 46.0 Å². The Balaban J connectivity index is 2.44. The molecule has 0 amide bonds. The van der Waals surface area contributed by atoms with Crippen LogP contribution in [-0.4, -0.2) is 9.97 Å². The highest BCUT2D eigenvalue weighted by Crippen LogP contribution is 2.40. The molecule has 1 aliphatic rings. The summed E-state index contributed by atoms with van der Waals surface area (Å²) in [6, 6.07) is 0. The highest BCUT2D eigenvalue weighted by molar-refractivity contribution is 5.24. The molecule has 2 nitrogen and oxygen atoms in total. The van der Waals surface area contributed by atoms with E-state index in [1.807, 2.05) is 0 Å². The maximum atomic E-state index is 4.69. The molecule has 13 heavy (non-hydrogen) atoms. The molecule has 1 aliphatic carbocycles. The smallest absolute Gasteiger partial charge is 0.0650 e. The third kappa shape index (κ3) is 1.58.